The minimum absolute atomic E-state index is 0.0508. The van der Waals surface area contributed by atoms with Crippen LogP contribution >= 0.6 is 0 Å². The van der Waals surface area contributed by atoms with E-state index in [0.29, 0.717) is 6.21 Å². The predicted octanol–water partition coefficient (Wildman–Crippen LogP) is 0.892. The Morgan fingerprint density at radius 3 is 2.67 bits per heavy atom. The Labute approximate surface area is 84.8 Å². The monoisotopic (exact) mass is 207 g/mol. The zero-order valence-corrected chi connectivity index (χ0v) is 7.51. The first-order valence-corrected chi connectivity index (χ1v) is 3.94. The molecule has 6 heteroatoms. The third-order valence-electron chi connectivity index (χ3n) is 1.59. The van der Waals surface area contributed by atoms with E-state index in [1.165, 1.54) is 18.2 Å². The van der Waals surface area contributed by atoms with E-state index < -0.39 is 11.9 Å². The smallest absolute Gasteiger partial charge is 0.337 e. The quantitative estimate of drug-likeness (QED) is 0.567. The zero-order valence-electron chi connectivity index (χ0n) is 7.51. The molecular weight excluding hydrogens is 200 g/mol. The standard InChI is InChI=1S/C9H8N2O4/c12-8(5-10-15)11-7-4-2-1-3-6(7)9(13)14/h1-5,15H,(H,11,12)(H,13,14)/p-1/b10-5+. The van der Waals surface area contributed by atoms with Crippen molar-refractivity contribution >= 4 is 23.8 Å². The number of amides is 1. The summed E-state index contributed by atoms with van der Waals surface area (Å²) in [6.07, 6.45) is 0.526. The fourth-order valence-corrected chi connectivity index (χ4v) is 0.991. The van der Waals surface area contributed by atoms with Crippen molar-refractivity contribution in [3.05, 3.63) is 35.0 Å². The van der Waals surface area contributed by atoms with Gasteiger partial charge in [-0.3, -0.25) is 4.79 Å². The lowest BCUT2D eigenvalue weighted by Crippen LogP contribution is -2.15. The van der Waals surface area contributed by atoms with Crippen LogP contribution in [0.5, 0.6) is 0 Å². The Morgan fingerprint density at radius 2 is 2.07 bits per heavy atom. The first-order valence-electron chi connectivity index (χ1n) is 3.94. The fourth-order valence-electron chi connectivity index (χ4n) is 0.991. The lowest BCUT2D eigenvalue weighted by molar-refractivity contribution is -0.109. The normalized spacial score (nSPS) is 10.1. The number of para-hydroxylation sites is 1. The number of nitrogens with zero attached hydrogens (tertiary/aromatic N) is 1. The van der Waals surface area contributed by atoms with Crippen LogP contribution in [0.1, 0.15) is 10.4 Å². The molecule has 0 unspecified atom stereocenters. The number of aromatic carboxylic acids is 1. The SMILES string of the molecule is O=C(/C=N/[O-])Nc1ccccc1C(=O)O. The molecule has 0 saturated heterocycles. The van der Waals surface area contributed by atoms with E-state index in [0.717, 1.165) is 0 Å². The molecule has 1 aromatic carbocycles. The minimum atomic E-state index is -1.16. The second kappa shape index (κ2) is 4.75. The van der Waals surface area contributed by atoms with Crippen molar-refractivity contribution in [3.63, 3.8) is 0 Å². The molecule has 0 radical (unpaired) electrons. The molecule has 15 heavy (non-hydrogen) atoms. The molecule has 0 spiro atoms. The van der Waals surface area contributed by atoms with Gasteiger partial charge in [0.1, 0.15) is 0 Å². The highest BCUT2D eigenvalue weighted by Gasteiger charge is 2.09. The highest BCUT2D eigenvalue weighted by Crippen LogP contribution is 2.14. The maximum atomic E-state index is 10.9. The van der Waals surface area contributed by atoms with Crippen LogP contribution in [0.3, 0.4) is 0 Å². The van der Waals surface area contributed by atoms with Gasteiger partial charge in [0.25, 0.3) is 5.91 Å². The Balaban J connectivity index is 2.94. The molecule has 0 aromatic heterocycles. The van der Waals surface area contributed by atoms with Gasteiger partial charge in [-0.2, -0.15) is 0 Å². The van der Waals surface area contributed by atoms with E-state index >= 15 is 0 Å². The molecule has 0 saturated carbocycles. The van der Waals surface area contributed by atoms with Crippen molar-refractivity contribution in [2.75, 3.05) is 5.32 Å². The number of hydrogen-bond donors (Lipinski definition) is 2. The van der Waals surface area contributed by atoms with Crippen LogP contribution in [0, 0.1) is 5.21 Å². The number of carbonyl (C=O) groups is 2. The molecule has 0 bridgehead atoms. The summed E-state index contributed by atoms with van der Waals surface area (Å²) >= 11 is 0. The number of nitrogens with one attached hydrogen (secondary N) is 1. The Bertz CT molecular complexity index is 414. The van der Waals surface area contributed by atoms with Crippen LogP contribution in [-0.4, -0.2) is 23.2 Å². The highest BCUT2D eigenvalue weighted by atomic mass is 16.4. The van der Waals surface area contributed by atoms with Gasteiger partial charge in [0.2, 0.25) is 0 Å². The van der Waals surface area contributed by atoms with Crippen LogP contribution in [0.15, 0.2) is 29.4 Å². The average molecular weight is 207 g/mol. The molecule has 0 aliphatic rings. The first-order chi connectivity index (χ1) is 7.15. The predicted molar refractivity (Wildman–Crippen MR) is 53.9 cm³/mol. The molecule has 0 fully saturated rings. The molecule has 0 atom stereocenters. The van der Waals surface area contributed by atoms with Crippen LogP contribution in [-0.2, 0) is 4.79 Å². The zero-order chi connectivity index (χ0) is 11.3. The third-order valence-corrected chi connectivity index (χ3v) is 1.59. The highest BCUT2D eigenvalue weighted by molar-refractivity contribution is 6.32. The molecule has 0 aliphatic carbocycles. The summed E-state index contributed by atoms with van der Waals surface area (Å²) in [6.45, 7) is 0. The maximum Gasteiger partial charge on any atom is 0.337 e. The lowest BCUT2D eigenvalue weighted by Gasteiger charge is -2.05. The van der Waals surface area contributed by atoms with Gasteiger partial charge in [0, 0.05) is 0 Å². The van der Waals surface area contributed by atoms with E-state index in [9.17, 15) is 14.8 Å². The summed E-state index contributed by atoms with van der Waals surface area (Å²) in [7, 11) is 0. The molecule has 1 amide bonds. The maximum absolute atomic E-state index is 10.9. The van der Waals surface area contributed by atoms with Gasteiger partial charge in [0.05, 0.1) is 17.5 Å². The fraction of sp³-hybridized carbons (Fsp3) is 0. The number of benzene rings is 1. The number of carbonyl (C=O) groups excluding carboxylic acids is 1. The van der Waals surface area contributed by atoms with Gasteiger partial charge in [0.15, 0.2) is 0 Å². The first kappa shape index (κ1) is 10.7. The number of rotatable bonds is 3. The van der Waals surface area contributed by atoms with Crippen molar-refractivity contribution in [2.45, 2.75) is 0 Å². The molecule has 2 N–H and O–H groups in total. The van der Waals surface area contributed by atoms with E-state index in [4.69, 9.17) is 5.11 Å². The Hall–Kier alpha value is -2.37. The molecular formula is C9H7N2O4-. The van der Waals surface area contributed by atoms with Gasteiger partial charge in [-0.1, -0.05) is 12.1 Å². The summed E-state index contributed by atoms with van der Waals surface area (Å²) in [4.78, 5) is 21.6. The van der Waals surface area contributed by atoms with Crippen LogP contribution < -0.4 is 5.32 Å². The van der Waals surface area contributed by atoms with Gasteiger partial charge >= 0.3 is 5.97 Å². The minimum Gasteiger partial charge on any atom is -0.792 e. The topological polar surface area (TPSA) is 102 Å². The summed E-state index contributed by atoms with van der Waals surface area (Å²) in [5.74, 6) is -1.93. The van der Waals surface area contributed by atoms with Crippen molar-refractivity contribution in [1.82, 2.24) is 0 Å². The summed E-state index contributed by atoms with van der Waals surface area (Å²) < 4.78 is 0. The van der Waals surface area contributed by atoms with E-state index in [1.807, 2.05) is 0 Å². The van der Waals surface area contributed by atoms with Crippen LogP contribution in [0.2, 0.25) is 0 Å². The molecule has 0 aliphatic heterocycles. The van der Waals surface area contributed by atoms with E-state index in [-0.39, 0.29) is 11.3 Å². The number of hydrogen-bond acceptors (Lipinski definition) is 4. The van der Waals surface area contributed by atoms with E-state index in [2.05, 4.69) is 10.5 Å². The number of carboxylic acids is 1. The molecule has 0 heterocycles. The van der Waals surface area contributed by atoms with Crippen molar-refractivity contribution < 1.29 is 14.7 Å². The van der Waals surface area contributed by atoms with Crippen LogP contribution in [0.25, 0.3) is 0 Å². The second-order valence-corrected chi connectivity index (χ2v) is 2.57. The Morgan fingerprint density at radius 1 is 1.40 bits per heavy atom. The summed E-state index contributed by atoms with van der Waals surface area (Å²) in [5, 5.41) is 23.0. The van der Waals surface area contributed by atoms with Crippen molar-refractivity contribution in [3.8, 4) is 0 Å². The van der Waals surface area contributed by atoms with Gasteiger partial charge < -0.3 is 20.8 Å². The molecule has 6 nitrogen and oxygen atoms in total. The molecule has 1 rings (SSSR count). The van der Waals surface area contributed by atoms with Crippen molar-refractivity contribution in [1.29, 1.82) is 0 Å². The number of carboxylic acid groups (broad SMARTS) is 1. The van der Waals surface area contributed by atoms with Crippen molar-refractivity contribution in [2.24, 2.45) is 5.16 Å². The summed E-state index contributed by atoms with van der Waals surface area (Å²) in [6, 6.07) is 5.85. The largest absolute Gasteiger partial charge is 0.792 e. The third kappa shape index (κ3) is 2.80. The molecule has 78 valence electrons. The lowest BCUT2D eigenvalue weighted by atomic mass is 10.2. The average Bonchev–Trinajstić information content (AvgIpc) is 2.18. The van der Waals surface area contributed by atoms with Gasteiger partial charge in [-0.25, -0.2) is 4.79 Å². The summed E-state index contributed by atoms with van der Waals surface area (Å²) in [5.41, 5.74) is 0.0695. The van der Waals surface area contributed by atoms with Gasteiger partial charge in [-0.05, 0) is 12.1 Å². The van der Waals surface area contributed by atoms with E-state index in [1.54, 1.807) is 6.07 Å². The van der Waals surface area contributed by atoms with Gasteiger partial charge in [-0.15, -0.1) is 0 Å². The number of anilines is 1. The Kier molecular flexibility index (Phi) is 3.39. The second-order valence-electron chi connectivity index (χ2n) is 2.57. The molecule has 1 aromatic rings. The van der Waals surface area contributed by atoms with Crippen LogP contribution in [0.4, 0.5) is 5.69 Å².